The Hall–Kier alpha value is -3.22. The molecule has 4 amide bonds. The zero-order valence-corrected chi connectivity index (χ0v) is 13.9. The van der Waals surface area contributed by atoms with E-state index in [1.807, 2.05) is 30.3 Å². The van der Waals surface area contributed by atoms with Gasteiger partial charge in [0.1, 0.15) is 18.4 Å². The highest BCUT2D eigenvalue weighted by Crippen LogP contribution is 2.12. The van der Waals surface area contributed by atoms with Gasteiger partial charge in [-0.05, 0) is 23.3 Å². The van der Waals surface area contributed by atoms with Crippen LogP contribution < -0.4 is 10.6 Å². The fourth-order valence-corrected chi connectivity index (χ4v) is 2.72. The van der Waals surface area contributed by atoms with Crippen molar-refractivity contribution in [3.8, 4) is 0 Å². The molecule has 6 nitrogen and oxygen atoms in total. The Morgan fingerprint density at radius 3 is 2.42 bits per heavy atom. The molecule has 0 spiro atoms. The van der Waals surface area contributed by atoms with Crippen molar-refractivity contribution < 1.29 is 18.8 Å². The second kappa shape index (κ2) is 7.77. The van der Waals surface area contributed by atoms with Gasteiger partial charge in [0.2, 0.25) is 5.91 Å². The second-order valence-corrected chi connectivity index (χ2v) is 6.02. The highest BCUT2D eigenvalue weighted by Gasteiger charge is 2.38. The summed E-state index contributed by atoms with van der Waals surface area (Å²) in [6, 6.07) is 13.8. The molecule has 1 heterocycles. The van der Waals surface area contributed by atoms with Crippen molar-refractivity contribution in [1.82, 2.24) is 15.5 Å². The predicted molar refractivity (Wildman–Crippen MR) is 92.4 cm³/mol. The van der Waals surface area contributed by atoms with Crippen LogP contribution in [0.1, 0.15) is 11.1 Å². The van der Waals surface area contributed by atoms with Gasteiger partial charge in [0.05, 0.1) is 0 Å². The minimum atomic E-state index is -0.671. The number of amides is 4. The number of rotatable bonds is 6. The molecule has 134 valence electrons. The number of carbonyl (C=O) groups excluding carboxylic acids is 3. The van der Waals surface area contributed by atoms with E-state index in [1.54, 1.807) is 12.1 Å². The highest BCUT2D eigenvalue weighted by molar-refractivity contribution is 6.06. The molecule has 0 bridgehead atoms. The van der Waals surface area contributed by atoms with Crippen LogP contribution in [0, 0.1) is 5.82 Å². The topological polar surface area (TPSA) is 78.5 Å². The van der Waals surface area contributed by atoms with Gasteiger partial charge < -0.3 is 10.6 Å². The van der Waals surface area contributed by atoms with Gasteiger partial charge in [-0.15, -0.1) is 0 Å². The van der Waals surface area contributed by atoms with Crippen LogP contribution in [0.2, 0.25) is 0 Å². The first-order valence-electron chi connectivity index (χ1n) is 8.20. The van der Waals surface area contributed by atoms with Gasteiger partial charge in [0.25, 0.3) is 5.91 Å². The van der Waals surface area contributed by atoms with E-state index < -0.39 is 23.9 Å². The molecular formula is C19H18FN3O3. The number of carbonyl (C=O) groups is 3. The van der Waals surface area contributed by atoms with E-state index in [0.717, 1.165) is 16.0 Å². The third kappa shape index (κ3) is 4.24. The molecule has 2 aromatic carbocycles. The standard InChI is InChI=1S/C19H18FN3O3/c20-15-8-6-14(7-9-15)11-21-17(24)12-23-18(25)16(22-19(23)26)10-13-4-2-1-3-5-13/h1-9,16H,10-12H2,(H,21,24)(H,22,26)/t16-/m0/s1. The van der Waals surface area contributed by atoms with Gasteiger partial charge in [-0.2, -0.15) is 0 Å². The van der Waals surface area contributed by atoms with Crippen LogP contribution in [0.5, 0.6) is 0 Å². The Labute approximate surface area is 150 Å². The van der Waals surface area contributed by atoms with E-state index in [4.69, 9.17) is 0 Å². The Bertz CT molecular complexity index is 809. The lowest BCUT2D eigenvalue weighted by Gasteiger charge is -2.13. The summed E-state index contributed by atoms with van der Waals surface area (Å²) >= 11 is 0. The van der Waals surface area contributed by atoms with E-state index in [2.05, 4.69) is 10.6 Å². The van der Waals surface area contributed by atoms with Crippen LogP contribution >= 0.6 is 0 Å². The second-order valence-electron chi connectivity index (χ2n) is 6.02. The van der Waals surface area contributed by atoms with Gasteiger partial charge in [-0.25, -0.2) is 9.18 Å². The van der Waals surface area contributed by atoms with Crippen molar-refractivity contribution in [3.05, 3.63) is 71.5 Å². The number of nitrogens with one attached hydrogen (secondary N) is 2. The Balaban J connectivity index is 1.53. The SMILES string of the molecule is O=C(CN1C(=O)N[C@@H](Cc2ccccc2)C1=O)NCc1ccc(F)cc1. The van der Waals surface area contributed by atoms with Crippen LogP contribution in [0.15, 0.2) is 54.6 Å². The summed E-state index contributed by atoms with van der Waals surface area (Å²) < 4.78 is 12.9. The van der Waals surface area contributed by atoms with Crippen LogP contribution in [0.4, 0.5) is 9.18 Å². The quantitative estimate of drug-likeness (QED) is 0.773. The molecule has 3 rings (SSSR count). The first-order chi connectivity index (χ1) is 12.5. The minimum Gasteiger partial charge on any atom is -0.350 e. The first kappa shape index (κ1) is 17.6. The molecule has 0 aliphatic carbocycles. The van der Waals surface area contributed by atoms with Crippen LogP contribution in [-0.4, -0.2) is 35.3 Å². The average Bonchev–Trinajstić information content (AvgIpc) is 2.89. The number of imide groups is 1. The zero-order chi connectivity index (χ0) is 18.5. The summed E-state index contributed by atoms with van der Waals surface area (Å²) in [7, 11) is 0. The molecule has 0 radical (unpaired) electrons. The van der Waals surface area contributed by atoms with Gasteiger partial charge in [-0.1, -0.05) is 42.5 Å². The summed E-state index contributed by atoms with van der Waals surface area (Å²) in [5.74, 6) is -1.24. The van der Waals surface area contributed by atoms with Crippen LogP contribution in [0.25, 0.3) is 0 Å². The third-order valence-corrected chi connectivity index (χ3v) is 4.09. The summed E-state index contributed by atoms with van der Waals surface area (Å²) in [6.45, 7) is -0.159. The predicted octanol–water partition coefficient (Wildman–Crippen LogP) is 1.60. The van der Waals surface area contributed by atoms with E-state index in [-0.39, 0.29) is 18.9 Å². The Morgan fingerprint density at radius 2 is 1.73 bits per heavy atom. The zero-order valence-electron chi connectivity index (χ0n) is 13.9. The fourth-order valence-electron chi connectivity index (χ4n) is 2.72. The maximum absolute atomic E-state index is 12.9. The minimum absolute atomic E-state index is 0.191. The smallest absolute Gasteiger partial charge is 0.325 e. The van der Waals surface area contributed by atoms with Gasteiger partial charge in [0.15, 0.2) is 0 Å². The van der Waals surface area contributed by atoms with Crippen molar-refractivity contribution in [2.75, 3.05) is 6.54 Å². The largest absolute Gasteiger partial charge is 0.350 e. The van der Waals surface area contributed by atoms with Crippen molar-refractivity contribution in [2.45, 2.75) is 19.0 Å². The monoisotopic (exact) mass is 355 g/mol. The normalized spacial score (nSPS) is 16.5. The summed E-state index contributed by atoms with van der Waals surface area (Å²) in [5, 5.41) is 5.22. The molecule has 0 saturated carbocycles. The maximum atomic E-state index is 12.9. The molecule has 1 saturated heterocycles. The number of urea groups is 1. The molecule has 1 aliphatic rings. The van der Waals surface area contributed by atoms with Crippen molar-refractivity contribution in [2.24, 2.45) is 0 Å². The van der Waals surface area contributed by atoms with Crippen LogP contribution in [-0.2, 0) is 22.6 Å². The molecule has 0 unspecified atom stereocenters. The van der Waals surface area contributed by atoms with Crippen molar-refractivity contribution >= 4 is 17.8 Å². The molecular weight excluding hydrogens is 337 g/mol. The molecule has 1 fully saturated rings. The van der Waals surface area contributed by atoms with Gasteiger partial charge in [-0.3, -0.25) is 14.5 Å². The first-order valence-corrected chi connectivity index (χ1v) is 8.20. The lowest BCUT2D eigenvalue weighted by molar-refractivity contribution is -0.132. The molecule has 7 heteroatoms. The van der Waals surface area contributed by atoms with Gasteiger partial charge >= 0.3 is 6.03 Å². The molecule has 2 N–H and O–H groups in total. The summed E-state index contributed by atoms with van der Waals surface area (Å²) in [4.78, 5) is 37.3. The van der Waals surface area contributed by atoms with E-state index >= 15 is 0 Å². The number of nitrogens with zero attached hydrogens (tertiary/aromatic N) is 1. The number of benzene rings is 2. The highest BCUT2D eigenvalue weighted by atomic mass is 19.1. The number of halogens is 1. The van der Waals surface area contributed by atoms with E-state index in [0.29, 0.717) is 6.42 Å². The molecule has 1 atom stereocenters. The fraction of sp³-hybridized carbons (Fsp3) is 0.211. The summed E-state index contributed by atoms with van der Waals surface area (Å²) in [5.41, 5.74) is 1.65. The third-order valence-electron chi connectivity index (χ3n) is 4.09. The lowest BCUT2D eigenvalue weighted by atomic mass is 10.1. The molecule has 26 heavy (non-hydrogen) atoms. The Kier molecular flexibility index (Phi) is 5.26. The Morgan fingerprint density at radius 1 is 1.04 bits per heavy atom. The van der Waals surface area contributed by atoms with E-state index in [9.17, 15) is 18.8 Å². The molecule has 0 aromatic heterocycles. The molecule has 2 aromatic rings. The summed E-state index contributed by atoms with van der Waals surface area (Å²) in [6.07, 6.45) is 0.374. The van der Waals surface area contributed by atoms with E-state index in [1.165, 1.54) is 12.1 Å². The number of hydrogen-bond acceptors (Lipinski definition) is 3. The van der Waals surface area contributed by atoms with Crippen LogP contribution in [0.3, 0.4) is 0 Å². The maximum Gasteiger partial charge on any atom is 0.325 e. The lowest BCUT2D eigenvalue weighted by Crippen LogP contribution is -2.41. The average molecular weight is 355 g/mol. The number of hydrogen-bond donors (Lipinski definition) is 2. The van der Waals surface area contributed by atoms with Crippen molar-refractivity contribution in [3.63, 3.8) is 0 Å². The van der Waals surface area contributed by atoms with Gasteiger partial charge in [0, 0.05) is 13.0 Å². The van der Waals surface area contributed by atoms with Crippen molar-refractivity contribution in [1.29, 1.82) is 0 Å². The molecule has 1 aliphatic heterocycles.